The van der Waals surface area contributed by atoms with Crippen LogP contribution >= 0.6 is 23.4 Å². The Kier molecular flexibility index (Phi) is 5.55. The second-order valence-corrected chi connectivity index (χ2v) is 8.85. The van der Waals surface area contributed by atoms with E-state index < -0.39 is 0 Å². The van der Waals surface area contributed by atoms with Gasteiger partial charge >= 0.3 is 0 Å². The molecule has 0 fully saturated rings. The third kappa shape index (κ3) is 3.88. The normalized spacial score (nSPS) is 19.3. The molecule has 31 heavy (non-hydrogen) atoms. The van der Waals surface area contributed by atoms with Crippen molar-refractivity contribution in [3.63, 3.8) is 0 Å². The van der Waals surface area contributed by atoms with E-state index in [1.807, 2.05) is 37.3 Å². The third-order valence-corrected chi connectivity index (χ3v) is 6.63. The fraction of sp³-hybridized carbons (Fsp3) is 0.240. The van der Waals surface area contributed by atoms with Crippen molar-refractivity contribution in [2.24, 2.45) is 5.10 Å². The summed E-state index contributed by atoms with van der Waals surface area (Å²) >= 11 is 8.06. The van der Waals surface area contributed by atoms with Crippen molar-refractivity contribution in [3.8, 4) is 11.5 Å². The van der Waals surface area contributed by atoms with Crippen LogP contribution in [-0.2, 0) is 0 Å². The average molecular weight is 451 g/mol. The molecule has 5 rings (SSSR count). The molecule has 0 radical (unpaired) electrons. The van der Waals surface area contributed by atoms with Crippen LogP contribution in [-0.4, -0.2) is 23.6 Å². The molecule has 6 heteroatoms. The maximum atomic E-state index is 6.43. The van der Waals surface area contributed by atoms with Crippen LogP contribution in [0.4, 0.5) is 0 Å². The first kappa shape index (κ1) is 20.3. The SMILES string of the molecule is CCOc1ccc(C2=NN3[C@H](C2)c2cc(Cl)ccc2O[C@@H]3c2ccc(SC)cc2)cc1. The van der Waals surface area contributed by atoms with Crippen LogP contribution in [0.25, 0.3) is 0 Å². The predicted octanol–water partition coefficient (Wildman–Crippen LogP) is 6.70. The molecular formula is C25H23ClN2O2S. The highest BCUT2D eigenvalue weighted by Crippen LogP contribution is 2.48. The van der Waals surface area contributed by atoms with E-state index >= 15 is 0 Å². The number of nitrogens with zero attached hydrogens (tertiary/aromatic N) is 2. The Morgan fingerprint density at radius 1 is 1.10 bits per heavy atom. The lowest BCUT2D eigenvalue weighted by atomic mass is 9.96. The maximum absolute atomic E-state index is 6.43. The number of hydrogen-bond acceptors (Lipinski definition) is 5. The van der Waals surface area contributed by atoms with Gasteiger partial charge in [-0.15, -0.1) is 11.8 Å². The van der Waals surface area contributed by atoms with Crippen molar-refractivity contribution in [2.45, 2.75) is 30.5 Å². The average Bonchev–Trinajstić information content (AvgIpc) is 3.25. The standard InChI is InChI=1S/C25H23ClN2O2S/c1-3-29-19-9-4-16(5-10-19)22-15-23-21-14-18(26)8-13-24(21)30-25(28(23)27-22)17-6-11-20(31-2)12-7-17/h4-14,23,25H,3,15H2,1-2H3/t23-,25-/m1/s1. The first-order chi connectivity index (χ1) is 15.2. The number of hydrazone groups is 1. The number of fused-ring (bicyclic) bond motifs is 3. The first-order valence-corrected chi connectivity index (χ1v) is 12.0. The summed E-state index contributed by atoms with van der Waals surface area (Å²) in [6.07, 6.45) is 2.59. The van der Waals surface area contributed by atoms with Crippen molar-refractivity contribution in [2.75, 3.05) is 12.9 Å². The molecular weight excluding hydrogens is 428 g/mol. The van der Waals surface area contributed by atoms with Crippen molar-refractivity contribution >= 4 is 29.1 Å². The van der Waals surface area contributed by atoms with Crippen LogP contribution in [0.1, 0.15) is 42.3 Å². The van der Waals surface area contributed by atoms with E-state index in [1.165, 1.54) is 4.90 Å². The summed E-state index contributed by atoms with van der Waals surface area (Å²) in [4.78, 5) is 1.23. The van der Waals surface area contributed by atoms with Gasteiger partial charge in [-0.05, 0) is 73.3 Å². The highest BCUT2D eigenvalue weighted by molar-refractivity contribution is 7.98. The summed E-state index contributed by atoms with van der Waals surface area (Å²) < 4.78 is 12.0. The summed E-state index contributed by atoms with van der Waals surface area (Å²) in [5, 5.41) is 7.81. The maximum Gasteiger partial charge on any atom is 0.213 e. The lowest BCUT2D eigenvalue weighted by Crippen LogP contribution is -2.33. The Balaban J connectivity index is 1.53. The van der Waals surface area contributed by atoms with E-state index in [9.17, 15) is 0 Å². The Morgan fingerprint density at radius 3 is 2.58 bits per heavy atom. The number of benzene rings is 3. The van der Waals surface area contributed by atoms with Crippen LogP contribution in [0.15, 0.2) is 76.7 Å². The van der Waals surface area contributed by atoms with Crippen molar-refractivity contribution in [1.82, 2.24) is 5.01 Å². The molecule has 0 amide bonds. The second kappa shape index (κ2) is 8.48. The van der Waals surface area contributed by atoms with E-state index in [4.69, 9.17) is 26.2 Å². The number of halogens is 1. The topological polar surface area (TPSA) is 34.1 Å². The summed E-state index contributed by atoms with van der Waals surface area (Å²) in [5.41, 5.74) is 4.29. The van der Waals surface area contributed by atoms with Crippen molar-refractivity contribution < 1.29 is 9.47 Å². The lowest BCUT2D eigenvalue weighted by Gasteiger charge is -2.38. The molecule has 3 aromatic rings. The molecule has 2 heterocycles. The van der Waals surface area contributed by atoms with E-state index in [0.29, 0.717) is 11.6 Å². The van der Waals surface area contributed by atoms with Gasteiger partial charge in [0.05, 0.1) is 18.4 Å². The minimum Gasteiger partial charge on any atom is -0.494 e. The van der Waals surface area contributed by atoms with Gasteiger partial charge in [0.1, 0.15) is 11.5 Å². The van der Waals surface area contributed by atoms with Crippen LogP contribution in [0, 0.1) is 0 Å². The molecule has 0 aliphatic carbocycles. The zero-order chi connectivity index (χ0) is 21.4. The zero-order valence-electron chi connectivity index (χ0n) is 17.4. The molecule has 2 aliphatic heterocycles. The fourth-order valence-electron chi connectivity index (χ4n) is 4.13. The molecule has 2 aliphatic rings. The molecule has 3 aromatic carbocycles. The van der Waals surface area contributed by atoms with Crippen LogP contribution in [0.5, 0.6) is 11.5 Å². The molecule has 0 aromatic heterocycles. The summed E-state index contributed by atoms with van der Waals surface area (Å²) in [7, 11) is 0. The van der Waals surface area contributed by atoms with Gasteiger partial charge in [0.15, 0.2) is 0 Å². The van der Waals surface area contributed by atoms with Gasteiger partial charge in [-0.3, -0.25) is 0 Å². The molecule has 0 N–H and O–H groups in total. The first-order valence-electron chi connectivity index (χ1n) is 10.4. The van der Waals surface area contributed by atoms with Gasteiger partial charge in [-0.2, -0.15) is 5.10 Å². The smallest absolute Gasteiger partial charge is 0.213 e. The highest BCUT2D eigenvalue weighted by atomic mass is 35.5. The van der Waals surface area contributed by atoms with Crippen LogP contribution < -0.4 is 9.47 Å². The van der Waals surface area contributed by atoms with E-state index in [1.54, 1.807) is 11.8 Å². The van der Waals surface area contributed by atoms with Gasteiger partial charge in [0.2, 0.25) is 6.23 Å². The number of thioether (sulfide) groups is 1. The van der Waals surface area contributed by atoms with E-state index in [0.717, 1.165) is 40.3 Å². The molecule has 0 spiro atoms. The summed E-state index contributed by atoms with van der Waals surface area (Å²) in [5.74, 6) is 1.74. The molecule has 0 saturated heterocycles. The van der Waals surface area contributed by atoms with Gasteiger partial charge in [-0.1, -0.05) is 23.7 Å². The monoisotopic (exact) mass is 450 g/mol. The molecule has 2 atom stereocenters. The lowest BCUT2D eigenvalue weighted by molar-refractivity contribution is -0.0190. The minimum absolute atomic E-state index is 0.0780. The number of ether oxygens (including phenoxy) is 2. The van der Waals surface area contributed by atoms with Crippen LogP contribution in [0.2, 0.25) is 5.02 Å². The van der Waals surface area contributed by atoms with Gasteiger partial charge in [0, 0.05) is 27.5 Å². The Bertz CT molecular complexity index is 1120. The number of rotatable bonds is 5. The summed E-state index contributed by atoms with van der Waals surface area (Å²) in [6.45, 7) is 2.64. The van der Waals surface area contributed by atoms with Gasteiger partial charge in [-0.25, -0.2) is 5.01 Å². The second-order valence-electron chi connectivity index (χ2n) is 7.53. The molecule has 4 nitrogen and oxygen atoms in total. The number of hydrogen-bond donors (Lipinski definition) is 0. The molecule has 0 saturated carbocycles. The zero-order valence-corrected chi connectivity index (χ0v) is 19.0. The van der Waals surface area contributed by atoms with Gasteiger partial charge < -0.3 is 9.47 Å². The Morgan fingerprint density at radius 2 is 1.87 bits per heavy atom. The highest BCUT2D eigenvalue weighted by Gasteiger charge is 2.41. The van der Waals surface area contributed by atoms with E-state index in [-0.39, 0.29) is 12.3 Å². The summed E-state index contributed by atoms with van der Waals surface area (Å²) in [6, 6.07) is 22.6. The Labute approximate surface area is 191 Å². The van der Waals surface area contributed by atoms with Crippen LogP contribution in [0.3, 0.4) is 0 Å². The van der Waals surface area contributed by atoms with Crippen molar-refractivity contribution in [3.05, 3.63) is 88.4 Å². The van der Waals surface area contributed by atoms with Crippen molar-refractivity contribution in [1.29, 1.82) is 0 Å². The minimum atomic E-state index is -0.283. The molecule has 158 valence electrons. The fourth-order valence-corrected chi connectivity index (χ4v) is 4.72. The van der Waals surface area contributed by atoms with E-state index in [2.05, 4.69) is 47.7 Å². The quantitative estimate of drug-likeness (QED) is 0.405. The molecule has 0 unspecified atom stereocenters. The third-order valence-electron chi connectivity index (χ3n) is 5.65. The predicted molar refractivity (Wildman–Crippen MR) is 126 cm³/mol. The van der Waals surface area contributed by atoms with Gasteiger partial charge in [0.25, 0.3) is 0 Å². The molecule has 0 bridgehead atoms. The Hall–Kier alpha value is -2.63. The largest absolute Gasteiger partial charge is 0.494 e.